The highest BCUT2D eigenvalue weighted by Crippen LogP contribution is 2.20. The molecule has 1 aliphatic heterocycles. The van der Waals surface area contributed by atoms with E-state index in [4.69, 9.17) is 4.74 Å². The van der Waals surface area contributed by atoms with Gasteiger partial charge in [-0.3, -0.25) is 0 Å². The smallest absolute Gasteiger partial charge is 0.241 e. The molecule has 1 saturated heterocycles. The van der Waals surface area contributed by atoms with Crippen molar-refractivity contribution in [3.63, 3.8) is 0 Å². The number of hydrogen-bond acceptors (Lipinski definition) is 5. The SMILES string of the molecule is CCNCc1cc(S(=O)(=O)NC2CCOCC2)cs1. The number of rotatable bonds is 6. The zero-order valence-electron chi connectivity index (χ0n) is 11.0. The standard InChI is InChI=1S/C12H20N2O3S2/c1-2-13-8-11-7-12(9-18-11)19(15,16)14-10-3-5-17-6-4-10/h7,9-10,13-14H,2-6,8H2,1H3. The van der Waals surface area contributed by atoms with Crippen LogP contribution in [0.3, 0.4) is 0 Å². The van der Waals surface area contributed by atoms with E-state index in [1.54, 1.807) is 11.4 Å². The minimum absolute atomic E-state index is 0.00383. The first-order valence-corrected chi connectivity index (χ1v) is 8.86. The molecule has 0 aliphatic carbocycles. The lowest BCUT2D eigenvalue weighted by atomic mass is 10.1. The molecule has 0 radical (unpaired) electrons. The summed E-state index contributed by atoms with van der Waals surface area (Å²) >= 11 is 1.47. The summed E-state index contributed by atoms with van der Waals surface area (Å²) in [4.78, 5) is 1.41. The topological polar surface area (TPSA) is 67.4 Å². The van der Waals surface area contributed by atoms with Gasteiger partial charge in [0.2, 0.25) is 10.0 Å². The Bertz CT molecular complexity index is 493. The van der Waals surface area contributed by atoms with Crippen LogP contribution >= 0.6 is 11.3 Å². The molecule has 0 unspecified atom stereocenters. The molecule has 0 bridgehead atoms. The number of sulfonamides is 1. The molecule has 19 heavy (non-hydrogen) atoms. The first kappa shape index (κ1) is 14.9. The Morgan fingerprint density at radius 2 is 2.16 bits per heavy atom. The zero-order chi connectivity index (χ0) is 13.7. The van der Waals surface area contributed by atoms with Crippen LogP contribution < -0.4 is 10.0 Å². The van der Waals surface area contributed by atoms with Gasteiger partial charge in [0.25, 0.3) is 0 Å². The van der Waals surface area contributed by atoms with Gasteiger partial charge in [0.05, 0.1) is 4.90 Å². The van der Waals surface area contributed by atoms with E-state index in [0.717, 1.165) is 24.3 Å². The van der Waals surface area contributed by atoms with Crippen molar-refractivity contribution in [3.05, 3.63) is 16.3 Å². The third-order valence-electron chi connectivity index (χ3n) is 3.03. The van der Waals surface area contributed by atoms with Crippen molar-refractivity contribution < 1.29 is 13.2 Å². The molecule has 0 amide bonds. The summed E-state index contributed by atoms with van der Waals surface area (Å²) in [6, 6.07) is 1.74. The van der Waals surface area contributed by atoms with E-state index in [1.165, 1.54) is 11.3 Å². The van der Waals surface area contributed by atoms with Crippen LogP contribution in [0.4, 0.5) is 0 Å². The Hall–Kier alpha value is -0.470. The summed E-state index contributed by atoms with van der Waals surface area (Å²) in [6.45, 7) is 4.87. The largest absolute Gasteiger partial charge is 0.381 e. The maximum atomic E-state index is 12.2. The third-order valence-corrected chi connectivity index (χ3v) is 5.62. The lowest BCUT2D eigenvalue weighted by molar-refractivity contribution is 0.0832. The molecule has 108 valence electrons. The first-order valence-electron chi connectivity index (χ1n) is 6.50. The van der Waals surface area contributed by atoms with E-state index in [2.05, 4.69) is 10.0 Å². The van der Waals surface area contributed by atoms with E-state index >= 15 is 0 Å². The van der Waals surface area contributed by atoms with Crippen LogP contribution in [0.1, 0.15) is 24.6 Å². The van der Waals surface area contributed by atoms with Crippen molar-refractivity contribution in [1.29, 1.82) is 0 Å². The molecule has 0 saturated carbocycles. The number of ether oxygens (including phenoxy) is 1. The van der Waals surface area contributed by atoms with Crippen molar-refractivity contribution in [2.75, 3.05) is 19.8 Å². The molecule has 0 aromatic carbocycles. The fourth-order valence-corrected chi connectivity index (χ4v) is 4.49. The molecule has 2 rings (SSSR count). The highest BCUT2D eigenvalue weighted by Gasteiger charge is 2.22. The van der Waals surface area contributed by atoms with Gasteiger partial charge in [-0.25, -0.2) is 13.1 Å². The second-order valence-electron chi connectivity index (χ2n) is 4.54. The van der Waals surface area contributed by atoms with Crippen LogP contribution in [0, 0.1) is 0 Å². The normalized spacial score (nSPS) is 17.7. The van der Waals surface area contributed by atoms with Gasteiger partial charge in [0.1, 0.15) is 0 Å². The predicted molar refractivity (Wildman–Crippen MR) is 75.9 cm³/mol. The highest BCUT2D eigenvalue weighted by molar-refractivity contribution is 7.89. The molecule has 1 aromatic heterocycles. The second kappa shape index (κ2) is 6.81. The fourth-order valence-electron chi connectivity index (χ4n) is 1.95. The van der Waals surface area contributed by atoms with Crippen molar-refractivity contribution in [3.8, 4) is 0 Å². The van der Waals surface area contributed by atoms with E-state index in [-0.39, 0.29) is 6.04 Å². The molecule has 0 atom stereocenters. The van der Waals surface area contributed by atoms with E-state index in [1.807, 2.05) is 6.92 Å². The maximum Gasteiger partial charge on any atom is 0.241 e. The molecule has 1 fully saturated rings. The van der Waals surface area contributed by atoms with Crippen molar-refractivity contribution in [2.24, 2.45) is 0 Å². The number of thiophene rings is 1. The predicted octanol–water partition coefficient (Wildman–Crippen LogP) is 1.31. The highest BCUT2D eigenvalue weighted by atomic mass is 32.2. The Morgan fingerprint density at radius 1 is 1.42 bits per heavy atom. The summed E-state index contributed by atoms with van der Waals surface area (Å²) in [5.74, 6) is 0. The monoisotopic (exact) mass is 304 g/mol. The third kappa shape index (κ3) is 4.25. The number of hydrogen-bond donors (Lipinski definition) is 2. The van der Waals surface area contributed by atoms with Crippen LogP contribution in [0.2, 0.25) is 0 Å². The van der Waals surface area contributed by atoms with E-state index in [9.17, 15) is 8.42 Å². The van der Waals surface area contributed by atoms with E-state index in [0.29, 0.717) is 24.7 Å². The summed E-state index contributed by atoms with van der Waals surface area (Å²) in [5, 5.41) is 4.89. The van der Waals surface area contributed by atoms with Crippen LogP contribution in [-0.2, 0) is 21.3 Å². The molecular formula is C12H20N2O3S2. The summed E-state index contributed by atoms with van der Waals surface area (Å²) < 4.78 is 32.4. The molecule has 2 heterocycles. The Labute approximate surface area is 118 Å². The zero-order valence-corrected chi connectivity index (χ0v) is 12.6. The van der Waals surface area contributed by atoms with Gasteiger partial charge in [0.15, 0.2) is 0 Å². The molecular weight excluding hydrogens is 284 g/mol. The van der Waals surface area contributed by atoms with Crippen LogP contribution in [0.5, 0.6) is 0 Å². The molecule has 1 aliphatic rings. The lowest BCUT2D eigenvalue weighted by Crippen LogP contribution is -2.38. The molecule has 0 spiro atoms. The van der Waals surface area contributed by atoms with Crippen molar-refractivity contribution in [2.45, 2.75) is 37.2 Å². The van der Waals surface area contributed by atoms with Gasteiger partial charge in [-0.2, -0.15) is 0 Å². The molecule has 2 N–H and O–H groups in total. The van der Waals surface area contributed by atoms with Crippen molar-refractivity contribution in [1.82, 2.24) is 10.0 Å². The summed E-state index contributed by atoms with van der Waals surface area (Å²) in [5.41, 5.74) is 0. The Morgan fingerprint density at radius 3 is 2.84 bits per heavy atom. The van der Waals surface area contributed by atoms with Gasteiger partial charge in [0, 0.05) is 36.1 Å². The Balaban J connectivity index is 1.99. The maximum absolute atomic E-state index is 12.2. The van der Waals surface area contributed by atoms with Crippen LogP contribution in [-0.4, -0.2) is 34.2 Å². The van der Waals surface area contributed by atoms with Gasteiger partial charge in [-0.05, 0) is 25.5 Å². The van der Waals surface area contributed by atoms with Gasteiger partial charge in [-0.1, -0.05) is 6.92 Å². The Kier molecular flexibility index (Phi) is 5.35. The fraction of sp³-hybridized carbons (Fsp3) is 0.667. The molecule has 7 heteroatoms. The lowest BCUT2D eigenvalue weighted by Gasteiger charge is -2.22. The second-order valence-corrected chi connectivity index (χ2v) is 7.25. The average molecular weight is 304 g/mol. The quantitative estimate of drug-likeness (QED) is 0.832. The minimum atomic E-state index is -3.39. The van der Waals surface area contributed by atoms with Gasteiger partial charge in [-0.15, -0.1) is 11.3 Å². The molecule has 1 aromatic rings. The van der Waals surface area contributed by atoms with Crippen LogP contribution in [0.25, 0.3) is 0 Å². The molecule has 5 nitrogen and oxygen atoms in total. The van der Waals surface area contributed by atoms with Crippen molar-refractivity contribution >= 4 is 21.4 Å². The number of nitrogens with one attached hydrogen (secondary N) is 2. The average Bonchev–Trinajstić information content (AvgIpc) is 2.86. The van der Waals surface area contributed by atoms with E-state index < -0.39 is 10.0 Å². The first-order chi connectivity index (χ1) is 9.12. The summed E-state index contributed by atoms with van der Waals surface area (Å²) in [6.07, 6.45) is 1.49. The minimum Gasteiger partial charge on any atom is -0.381 e. The van der Waals surface area contributed by atoms with Gasteiger partial charge < -0.3 is 10.1 Å². The summed E-state index contributed by atoms with van der Waals surface area (Å²) in [7, 11) is -3.39. The van der Waals surface area contributed by atoms with Gasteiger partial charge >= 0.3 is 0 Å². The van der Waals surface area contributed by atoms with Crippen LogP contribution in [0.15, 0.2) is 16.3 Å².